The summed E-state index contributed by atoms with van der Waals surface area (Å²) in [5.74, 6) is 5.37. The molecular weight excluding hydrogens is 453 g/mol. The van der Waals surface area contributed by atoms with Gasteiger partial charge in [-0.3, -0.25) is 9.69 Å². The van der Waals surface area contributed by atoms with Crippen LogP contribution < -0.4 is 5.32 Å². The fourth-order valence-corrected chi connectivity index (χ4v) is 5.60. The van der Waals surface area contributed by atoms with Crippen LogP contribution in [0.1, 0.15) is 42.4 Å². The van der Waals surface area contributed by atoms with Crippen LogP contribution in [0.15, 0.2) is 61.2 Å². The molecule has 1 saturated heterocycles. The van der Waals surface area contributed by atoms with Crippen molar-refractivity contribution in [1.82, 2.24) is 10.2 Å². The number of nitrogens with one attached hydrogen (secondary N) is 1. The summed E-state index contributed by atoms with van der Waals surface area (Å²) < 4.78 is 38.2. The molecule has 1 aliphatic carbocycles. The number of carbonyl (C=O) groups excluding carboxylic acids is 1. The highest BCUT2D eigenvalue weighted by Crippen LogP contribution is 2.49. The summed E-state index contributed by atoms with van der Waals surface area (Å²) in [7, 11) is 0. The van der Waals surface area contributed by atoms with Crippen molar-refractivity contribution >= 4 is 5.91 Å². The standard InChI is InChI=1S/C28H29F3N2O2/c1-2-15-33-16-14-27(22-4-3-5-25(34)17-22)18-24(12-11-23(27)19-33)32-26(35)13-8-20-6-9-21(10-7-20)28(29,30)31/h2-7,9-10,17,23-24,34H,1,11-12,14-16,18-19H2,(H,32,35)/t23-,24+,27+/m1/s1. The zero-order chi connectivity index (χ0) is 25.1. The van der Waals surface area contributed by atoms with Crippen molar-refractivity contribution in [3.63, 3.8) is 0 Å². The number of phenolic OH excluding ortho intramolecular Hbond substituents is 1. The first kappa shape index (κ1) is 24.9. The van der Waals surface area contributed by atoms with Crippen LogP contribution >= 0.6 is 0 Å². The van der Waals surface area contributed by atoms with E-state index in [1.807, 2.05) is 18.2 Å². The maximum absolute atomic E-state index is 12.7. The number of amides is 1. The quantitative estimate of drug-likeness (QED) is 0.483. The van der Waals surface area contributed by atoms with Gasteiger partial charge < -0.3 is 10.4 Å². The summed E-state index contributed by atoms with van der Waals surface area (Å²) in [6, 6.07) is 11.8. The zero-order valence-electron chi connectivity index (χ0n) is 19.4. The van der Waals surface area contributed by atoms with E-state index in [9.17, 15) is 23.1 Å². The number of piperidine rings is 1. The SMILES string of the molecule is C=CCN1CC[C@@]2(c3cccc(O)c3)C[C@@H](NC(=O)C#Cc3ccc(C(F)(F)F)cc3)CC[C@@H]2C1. The average molecular weight is 483 g/mol. The molecular formula is C28H29F3N2O2. The average Bonchev–Trinajstić information content (AvgIpc) is 2.83. The van der Waals surface area contributed by atoms with E-state index >= 15 is 0 Å². The molecule has 0 spiro atoms. The number of benzene rings is 2. The molecule has 1 aliphatic heterocycles. The van der Waals surface area contributed by atoms with E-state index in [2.05, 4.69) is 34.7 Å². The first-order chi connectivity index (χ1) is 16.7. The third kappa shape index (κ3) is 5.71. The Labute approximate surface area is 203 Å². The van der Waals surface area contributed by atoms with Crippen LogP contribution in [0.25, 0.3) is 0 Å². The molecule has 4 nitrogen and oxygen atoms in total. The highest BCUT2D eigenvalue weighted by molar-refractivity contribution is 5.94. The molecule has 7 heteroatoms. The Kier molecular flexibility index (Phi) is 7.23. The van der Waals surface area contributed by atoms with Crippen LogP contribution in [-0.2, 0) is 16.4 Å². The number of nitrogens with zero attached hydrogens (tertiary/aromatic N) is 1. The predicted octanol–water partition coefficient (Wildman–Crippen LogP) is 4.88. The molecule has 2 fully saturated rings. The molecule has 1 heterocycles. The Morgan fingerprint density at radius 3 is 2.69 bits per heavy atom. The van der Waals surface area contributed by atoms with Gasteiger partial charge in [-0.25, -0.2) is 0 Å². The van der Waals surface area contributed by atoms with Crippen LogP contribution in [0.3, 0.4) is 0 Å². The number of halogens is 3. The van der Waals surface area contributed by atoms with Crippen molar-refractivity contribution < 1.29 is 23.1 Å². The number of rotatable bonds is 4. The Balaban J connectivity index is 1.48. The number of phenols is 1. The molecule has 0 radical (unpaired) electrons. The van der Waals surface area contributed by atoms with Gasteiger partial charge in [0.05, 0.1) is 5.56 Å². The Morgan fingerprint density at radius 2 is 2.00 bits per heavy atom. The maximum atomic E-state index is 12.7. The Morgan fingerprint density at radius 1 is 1.23 bits per heavy atom. The molecule has 35 heavy (non-hydrogen) atoms. The van der Waals surface area contributed by atoms with E-state index in [-0.39, 0.29) is 17.2 Å². The van der Waals surface area contributed by atoms with Gasteiger partial charge in [0.1, 0.15) is 5.75 Å². The predicted molar refractivity (Wildman–Crippen MR) is 129 cm³/mol. The molecule has 2 aromatic rings. The van der Waals surface area contributed by atoms with Gasteiger partial charge in [0.15, 0.2) is 0 Å². The van der Waals surface area contributed by atoms with E-state index in [4.69, 9.17) is 0 Å². The summed E-state index contributed by atoms with van der Waals surface area (Å²) in [6.45, 7) is 6.55. The molecule has 184 valence electrons. The van der Waals surface area contributed by atoms with Gasteiger partial charge in [-0.2, -0.15) is 13.2 Å². The third-order valence-electron chi connectivity index (χ3n) is 7.28. The molecule has 0 bridgehead atoms. The number of hydrogen-bond donors (Lipinski definition) is 2. The lowest BCUT2D eigenvalue weighted by molar-refractivity contribution is -0.137. The van der Waals surface area contributed by atoms with Gasteiger partial charge in [-0.05, 0) is 80.1 Å². The number of fused-ring (bicyclic) bond motifs is 1. The monoisotopic (exact) mass is 482 g/mol. The van der Waals surface area contributed by atoms with E-state index < -0.39 is 17.6 Å². The van der Waals surface area contributed by atoms with E-state index in [1.165, 1.54) is 12.1 Å². The Bertz CT molecular complexity index is 1130. The summed E-state index contributed by atoms with van der Waals surface area (Å²) in [6.07, 6.45) is 0.925. The molecule has 4 rings (SSSR count). The highest BCUT2D eigenvalue weighted by atomic mass is 19.4. The topological polar surface area (TPSA) is 52.6 Å². The molecule has 2 N–H and O–H groups in total. The summed E-state index contributed by atoms with van der Waals surface area (Å²) in [5.41, 5.74) is 0.534. The second kappa shape index (κ2) is 10.2. The summed E-state index contributed by atoms with van der Waals surface area (Å²) in [4.78, 5) is 15.0. The van der Waals surface area contributed by atoms with E-state index in [0.29, 0.717) is 11.5 Å². The van der Waals surface area contributed by atoms with Crippen LogP contribution in [-0.4, -0.2) is 41.6 Å². The normalized spacial score (nSPS) is 24.5. The van der Waals surface area contributed by atoms with E-state index in [0.717, 1.165) is 63.0 Å². The molecule has 0 unspecified atom stereocenters. The maximum Gasteiger partial charge on any atom is 0.416 e. The van der Waals surface area contributed by atoms with Crippen molar-refractivity contribution in [2.45, 2.75) is 43.3 Å². The molecule has 0 aromatic heterocycles. The van der Waals surface area contributed by atoms with Gasteiger partial charge in [0, 0.05) is 36.0 Å². The van der Waals surface area contributed by atoms with Gasteiger partial charge in [-0.15, -0.1) is 6.58 Å². The van der Waals surface area contributed by atoms with Crippen LogP contribution in [0, 0.1) is 17.8 Å². The lowest BCUT2D eigenvalue weighted by atomic mass is 9.58. The van der Waals surface area contributed by atoms with Crippen molar-refractivity contribution in [3.8, 4) is 17.6 Å². The van der Waals surface area contributed by atoms with Crippen LogP contribution in [0.5, 0.6) is 5.75 Å². The van der Waals surface area contributed by atoms with E-state index in [1.54, 1.807) is 6.07 Å². The van der Waals surface area contributed by atoms with Crippen LogP contribution in [0.2, 0.25) is 0 Å². The smallest absolute Gasteiger partial charge is 0.416 e. The largest absolute Gasteiger partial charge is 0.508 e. The zero-order valence-corrected chi connectivity index (χ0v) is 19.4. The minimum Gasteiger partial charge on any atom is -0.508 e. The molecule has 1 saturated carbocycles. The van der Waals surface area contributed by atoms with Gasteiger partial charge in [0.2, 0.25) is 0 Å². The first-order valence-electron chi connectivity index (χ1n) is 11.8. The third-order valence-corrected chi connectivity index (χ3v) is 7.28. The van der Waals surface area contributed by atoms with Crippen LogP contribution in [0.4, 0.5) is 13.2 Å². The number of alkyl halides is 3. The van der Waals surface area contributed by atoms with Gasteiger partial charge >= 0.3 is 6.18 Å². The minimum absolute atomic E-state index is 0.0750. The molecule has 2 aliphatic rings. The summed E-state index contributed by atoms with van der Waals surface area (Å²) >= 11 is 0. The molecule has 2 aromatic carbocycles. The fraction of sp³-hybridized carbons (Fsp3) is 0.393. The number of hydrogen-bond acceptors (Lipinski definition) is 3. The summed E-state index contributed by atoms with van der Waals surface area (Å²) in [5, 5.41) is 13.2. The second-order valence-electron chi connectivity index (χ2n) is 9.48. The fourth-order valence-electron chi connectivity index (χ4n) is 5.60. The highest BCUT2D eigenvalue weighted by Gasteiger charge is 2.48. The minimum atomic E-state index is -4.41. The van der Waals surface area contributed by atoms with Crippen molar-refractivity contribution in [2.24, 2.45) is 5.92 Å². The molecule has 3 atom stereocenters. The molecule has 1 amide bonds. The van der Waals surface area contributed by atoms with Crippen molar-refractivity contribution in [2.75, 3.05) is 19.6 Å². The second-order valence-corrected chi connectivity index (χ2v) is 9.48. The first-order valence-corrected chi connectivity index (χ1v) is 11.8. The van der Waals surface area contributed by atoms with Gasteiger partial charge in [0.25, 0.3) is 5.91 Å². The number of likely N-dealkylation sites (tertiary alicyclic amines) is 1. The lowest BCUT2D eigenvalue weighted by Gasteiger charge is -2.53. The number of aromatic hydroxyl groups is 1. The van der Waals surface area contributed by atoms with Gasteiger partial charge in [-0.1, -0.05) is 24.1 Å². The lowest BCUT2D eigenvalue weighted by Crippen LogP contribution is -2.56. The van der Waals surface area contributed by atoms with Crippen molar-refractivity contribution in [1.29, 1.82) is 0 Å². The van der Waals surface area contributed by atoms with Crippen molar-refractivity contribution in [3.05, 3.63) is 77.9 Å². The Hall–Kier alpha value is -3.24. The number of carbonyl (C=O) groups is 1.